The number of para-hydroxylation sites is 7. The van der Waals surface area contributed by atoms with Gasteiger partial charge in [-0.1, -0.05) is 182 Å². The Labute approximate surface area is 553 Å². The first-order chi connectivity index (χ1) is 46.7. The fourth-order valence-electron chi connectivity index (χ4n) is 15.8. The average molecular weight is 1230 g/mol. The van der Waals surface area contributed by atoms with Crippen LogP contribution in [0.5, 0.6) is 11.5 Å². The van der Waals surface area contributed by atoms with Crippen LogP contribution in [0.15, 0.2) is 322 Å². The third-order valence-corrected chi connectivity index (χ3v) is 21.8. The van der Waals surface area contributed by atoms with Crippen molar-refractivity contribution in [2.45, 2.75) is 0 Å². The monoisotopic (exact) mass is 1230 g/mol. The van der Waals surface area contributed by atoms with E-state index in [1.807, 2.05) is 22.7 Å². The highest BCUT2D eigenvalue weighted by molar-refractivity contribution is 7.26. The molecular formula is C84H53B2N5OS2. The van der Waals surface area contributed by atoms with Crippen LogP contribution in [0.1, 0.15) is 0 Å². The van der Waals surface area contributed by atoms with Gasteiger partial charge in [0.2, 0.25) is 0 Å². The van der Waals surface area contributed by atoms with Crippen LogP contribution < -0.4 is 62.0 Å². The van der Waals surface area contributed by atoms with E-state index < -0.39 is 0 Å². The summed E-state index contributed by atoms with van der Waals surface area (Å²) >= 11 is 3.73. The fourth-order valence-corrected chi connectivity index (χ4v) is 18.1. The molecular weight excluding hydrogens is 1180 g/mol. The highest BCUT2D eigenvalue weighted by Crippen LogP contribution is 2.54. The second-order valence-electron chi connectivity index (χ2n) is 24.7. The molecule has 94 heavy (non-hydrogen) atoms. The molecule has 20 rings (SSSR count). The molecule has 0 unspecified atom stereocenters. The summed E-state index contributed by atoms with van der Waals surface area (Å²) in [6.45, 7) is -0.416. The van der Waals surface area contributed by atoms with E-state index in [-0.39, 0.29) is 13.4 Å². The molecule has 0 aliphatic carbocycles. The summed E-state index contributed by atoms with van der Waals surface area (Å²) in [6, 6.07) is 119. The van der Waals surface area contributed by atoms with E-state index in [0.29, 0.717) is 0 Å². The number of hydrogen-bond donors (Lipinski definition) is 0. The standard InChI is InChI=1S/C84H53B2N5OS2/c1-6-26-54(27-7-1)87(55-28-8-2-9-29-55)59-48-72-83-73(49-59)90(68-41-24-46-79-81(68)61-36-16-22-44-77(61)93-79)70-53-71-66(52-65(70)85(83)63-38-18-20-40-67(63)89(72)58-34-14-5-15-35-58)86-64-39-19-21-43-75(64)92-76-51-60(88(56-30-10-3-11-31-56)57-32-12-4-13-33-57)50-74(84(76)86)91(71)69-42-25-47-80-82(69)62-37-17-23-45-78(62)94-80/h1-53H. The SMILES string of the molecule is c1ccc(N(c2ccccc2)c2cc3c4c(c2)N(c2cccc5sc6ccccc6c25)c2cc5c(cc2B4c2ccccc2O3)B2c3ccccc3N(c3ccccc3)c3cc(N(c4ccccc4)c4ccccc4)cc(c32)N5c2cccc3sc4ccccc4c23)cc1. The van der Waals surface area contributed by atoms with Crippen LogP contribution in [0.2, 0.25) is 0 Å². The van der Waals surface area contributed by atoms with Crippen LogP contribution in [-0.4, -0.2) is 13.4 Å². The number of anilines is 15. The average Bonchev–Trinajstić information content (AvgIpc) is 0.754. The van der Waals surface area contributed by atoms with E-state index in [0.717, 1.165) is 108 Å². The van der Waals surface area contributed by atoms with Crippen LogP contribution in [0, 0.1) is 0 Å². The van der Waals surface area contributed by atoms with E-state index in [4.69, 9.17) is 4.74 Å². The molecule has 6 nitrogen and oxygen atoms in total. The van der Waals surface area contributed by atoms with Crippen molar-refractivity contribution in [3.63, 3.8) is 0 Å². The minimum atomic E-state index is -0.216. The molecule has 4 aliphatic heterocycles. The second kappa shape index (κ2) is 21.0. The Kier molecular flexibility index (Phi) is 11.9. The Bertz CT molecular complexity index is 5650. The summed E-state index contributed by atoms with van der Waals surface area (Å²) in [5.41, 5.74) is 23.6. The van der Waals surface area contributed by atoms with Crippen molar-refractivity contribution in [1.82, 2.24) is 0 Å². The molecule has 14 aromatic carbocycles. The number of ether oxygens (including phenoxy) is 1. The summed E-state index contributed by atoms with van der Waals surface area (Å²) in [5.74, 6) is 1.70. The number of thiophene rings is 2. The zero-order valence-corrected chi connectivity index (χ0v) is 52.3. The highest BCUT2D eigenvalue weighted by Gasteiger charge is 2.49. The first-order valence-electron chi connectivity index (χ1n) is 32.1. The Hall–Kier alpha value is -11.6. The number of rotatable bonds is 9. The molecule has 0 N–H and O–H groups in total. The number of fused-ring (bicyclic) bond motifs is 14. The Morgan fingerprint density at radius 3 is 1.20 bits per heavy atom. The summed E-state index contributed by atoms with van der Waals surface area (Å²) < 4.78 is 12.4. The zero-order valence-electron chi connectivity index (χ0n) is 50.7. The van der Waals surface area contributed by atoms with Gasteiger partial charge >= 0.3 is 0 Å². The number of benzene rings is 14. The lowest BCUT2D eigenvalue weighted by molar-refractivity contribution is 0.487. The molecule has 438 valence electrons. The van der Waals surface area contributed by atoms with Crippen molar-refractivity contribution >= 4 is 195 Å². The molecule has 0 fully saturated rings. The summed E-state index contributed by atoms with van der Waals surface area (Å²) in [4.78, 5) is 12.6. The molecule has 0 radical (unpaired) electrons. The Morgan fingerprint density at radius 1 is 0.255 bits per heavy atom. The van der Waals surface area contributed by atoms with Crippen LogP contribution in [0.4, 0.5) is 85.3 Å². The van der Waals surface area contributed by atoms with Gasteiger partial charge < -0.3 is 29.2 Å². The van der Waals surface area contributed by atoms with E-state index in [2.05, 4.69) is 346 Å². The van der Waals surface area contributed by atoms with Crippen molar-refractivity contribution in [3.8, 4) is 11.5 Å². The molecule has 0 spiro atoms. The first-order valence-corrected chi connectivity index (χ1v) is 33.8. The van der Waals surface area contributed by atoms with Gasteiger partial charge in [-0.15, -0.1) is 22.7 Å². The minimum Gasteiger partial charge on any atom is -0.458 e. The molecule has 6 heterocycles. The Balaban J connectivity index is 0.949. The van der Waals surface area contributed by atoms with Crippen LogP contribution >= 0.6 is 22.7 Å². The second-order valence-corrected chi connectivity index (χ2v) is 26.8. The van der Waals surface area contributed by atoms with E-state index in [1.165, 1.54) is 62.2 Å². The predicted octanol–water partition coefficient (Wildman–Crippen LogP) is 19.8. The minimum absolute atomic E-state index is 0.201. The number of nitrogens with zero attached hydrogens (tertiary/aromatic N) is 5. The smallest absolute Gasteiger partial charge is 0.256 e. The van der Waals surface area contributed by atoms with Gasteiger partial charge in [-0.3, -0.25) is 0 Å². The molecule has 2 aromatic heterocycles. The lowest BCUT2D eigenvalue weighted by Gasteiger charge is -2.47. The van der Waals surface area contributed by atoms with Gasteiger partial charge in [-0.25, -0.2) is 0 Å². The molecule has 0 saturated heterocycles. The van der Waals surface area contributed by atoms with E-state index in [9.17, 15) is 0 Å². The van der Waals surface area contributed by atoms with Gasteiger partial charge in [0.25, 0.3) is 13.4 Å². The molecule has 4 aliphatic rings. The molecule has 0 saturated carbocycles. The summed E-state index contributed by atoms with van der Waals surface area (Å²) in [6.07, 6.45) is 0. The van der Waals surface area contributed by atoms with E-state index >= 15 is 0 Å². The lowest BCUT2D eigenvalue weighted by Crippen LogP contribution is -2.64. The normalized spacial score (nSPS) is 13.1. The lowest BCUT2D eigenvalue weighted by atomic mass is 9.30. The maximum atomic E-state index is 7.42. The molecule has 0 bridgehead atoms. The molecule has 0 atom stereocenters. The van der Waals surface area contributed by atoms with Crippen molar-refractivity contribution in [2.75, 3.05) is 24.5 Å². The van der Waals surface area contributed by atoms with Crippen LogP contribution in [0.25, 0.3) is 40.3 Å². The van der Waals surface area contributed by atoms with Gasteiger partial charge in [0.15, 0.2) is 0 Å². The van der Waals surface area contributed by atoms with Gasteiger partial charge in [0.05, 0.1) is 22.7 Å². The topological polar surface area (TPSA) is 25.4 Å². The first kappa shape index (κ1) is 53.1. The maximum absolute atomic E-state index is 7.42. The molecule has 0 amide bonds. The largest absolute Gasteiger partial charge is 0.458 e. The van der Waals surface area contributed by atoms with Gasteiger partial charge in [0, 0.05) is 109 Å². The van der Waals surface area contributed by atoms with Crippen molar-refractivity contribution < 1.29 is 4.74 Å². The Morgan fingerprint density at radius 2 is 0.660 bits per heavy atom. The van der Waals surface area contributed by atoms with Crippen LogP contribution in [-0.2, 0) is 0 Å². The maximum Gasteiger partial charge on any atom is 0.256 e. The molecule has 16 aromatic rings. The summed E-state index contributed by atoms with van der Waals surface area (Å²) in [7, 11) is 0. The zero-order chi connectivity index (χ0) is 61.5. The molecule has 10 heteroatoms. The van der Waals surface area contributed by atoms with Crippen molar-refractivity contribution in [3.05, 3.63) is 322 Å². The third-order valence-electron chi connectivity index (χ3n) is 19.6. The van der Waals surface area contributed by atoms with Crippen molar-refractivity contribution in [1.29, 1.82) is 0 Å². The summed E-state index contributed by atoms with van der Waals surface area (Å²) in [5, 5.41) is 4.92. The van der Waals surface area contributed by atoms with Crippen LogP contribution in [0.3, 0.4) is 0 Å². The third kappa shape index (κ3) is 7.97. The fraction of sp³-hybridized carbons (Fsp3) is 0. The number of hydrogen-bond acceptors (Lipinski definition) is 8. The van der Waals surface area contributed by atoms with Gasteiger partial charge in [-0.05, 0) is 166 Å². The van der Waals surface area contributed by atoms with Gasteiger partial charge in [0.1, 0.15) is 11.5 Å². The highest BCUT2D eigenvalue weighted by atomic mass is 32.1. The van der Waals surface area contributed by atoms with Crippen molar-refractivity contribution in [2.24, 2.45) is 0 Å². The van der Waals surface area contributed by atoms with E-state index in [1.54, 1.807) is 0 Å². The van der Waals surface area contributed by atoms with Gasteiger partial charge in [-0.2, -0.15) is 0 Å². The predicted molar refractivity (Wildman–Crippen MR) is 401 cm³/mol. The quantitative estimate of drug-likeness (QED) is 0.134.